The van der Waals surface area contributed by atoms with Crippen molar-refractivity contribution in [2.75, 3.05) is 6.61 Å². The number of amides is 1. The average Bonchev–Trinajstić information content (AvgIpc) is 2.31. The summed E-state index contributed by atoms with van der Waals surface area (Å²) in [6, 6.07) is 6.02. The van der Waals surface area contributed by atoms with Gasteiger partial charge >= 0.3 is 5.97 Å². The summed E-state index contributed by atoms with van der Waals surface area (Å²) in [6.07, 6.45) is 0.0723. The van der Waals surface area contributed by atoms with E-state index in [9.17, 15) is 9.59 Å². The second kappa shape index (κ2) is 6.86. The lowest BCUT2D eigenvalue weighted by Crippen LogP contribution is -2.38. The Kier molecular flexibility index (Phi) is 5.45. The van der Waals surface area contributed by atoms with E-state index in [4.69, 9.17) is 21.4 Å². The molecule has 0 aliphatic carbocycles. The highest BCUT2D eigenvalue weighted by atomic mass is 35.5. The van der Waals surface area contributed by atoms with E-state index in [1.807, 2.05) is 0 Å². The van der Waals surface area contributed by atoms with Gasteiger partial charge < -0.3 is 15.2 Å². The van der Waals surface area contributed by atoms with Gasteiger partial charge in [0.05, 0.1) is 18.1 Å². The average molecular weight is 272 g/mol. The van der Waals surface area contributed by atoms with Gasteiger partial charge in [0.1, 0.15) is 11.8 Å². The van der Waals surface area contributed by atoms with Crippen LogP contribution in [0, 0.1) is 0 Å². The smallest absolute Gasteiger partial charge is 0.325 e. The molecule has 18 heavy (non-hydrogen) atoms. The number of nitrogens with one attached hydrogen (secondary N) is 1. The molecule has 0 fully saturated rings. The van der Waals surface area contributed by atoms with Gasteiger partial charge in [0, 0.05) is 0 Å². The number of hydrogen-bond acceptors (Lipinski definition) is 3. The van der Waals surface area contributed by atoms with Crippen LogP contribution in [0.5, 0.6) is 5.75 Å². The fourth-order valence-electron chi connectivity index (χ4n) is 1.19. The van der Waals surface area contributed by atoms with Crippen LogP contribution in [0.2, 0.25) is 5.02 Å². The van der Waals surface area contributed by atoms with Crippen LogP contribution in [0.3, 0.4) is 0 Å². The van der Waals surface area contributed by atoms with E-state index in [0.717, 1.165) is 0 Å². The minimum Gasteiger partial charge on any atom is -0.491 e. The third-order valence-corrected chi connectivity index (χ3v) is 2.48. The number of ether oxygens (including phenoxy) is 1. The number of rotatable bonds is 6. The SMILES string of the molecule is C[C@H](NC(=O)CCOc1ccccc1Cl)C(=O)O. The number of carboxylic acids is 1. The van der Waals surface area contributed by atoms with Crippen molar-refractivity contribution >= 4 is 23.5 Å². The van der Waals surface area contributed by atoms with Gasteiger partial charge in [-0.05, 0) is 19.1 Å². The molecule has 0 aliphatic rings. The van der Waals surface area contributed by atoms with Crippen LogP contribution in [0.15, 0.2) is 24.3 Å². The largest absolute Gasteiger partial charge is 0.491 e. The minimum atomic E-state index is -1.07. The maximum absolute atomic E-state index is 11.3. The predicted octanol–water partition coefficient (Wildman–Crippen LogP) is 1.70. The lowest BCUT2D eigenvalue weighted by Gasteiger charge is -2.10. The number of aliphatic carboxylic acids is 1. The summed E-state index contributed by atoms with van der Waals surface area (Å²) in [4.78, 5) is 21.9. The number of benzene rings is 1. The van der Waals surface area contributed by atoms with Crippen molar-refractivity contribution in [2.45, 2.75) is 19.4 Å². The fraction of sp³-hybridized carbons (Fsp3) is 0.333. The first-order valence-electron chi connectivity index (χ1n) is 5.40. The van der Waals surface area contributed by atoms with Crippen LogP contribution in [-0.4, -0.2) is 29.6 Å². The Bertz CT molecular complexity index is 436. The van der Waals surface area contributed by atoms with E-state index in [2.05, 4.69) is 5.32 Å². The van der Waals surface area contributed by atoms with Crippen molar-refractivity contribution in [3.05, 3.63) is 29.3 Å². The van der Waals surface area contributed by atoms with Gasteiger partial charge in [-0.3, -0.25) is 9.59 Å². The highest BCUT2D eigenvalue weighted by Gasteiger charge is 2.13. The molecule has 1 aromatic rings. The first-order chi connectivity index (χ1) is 8.50. The summed E-state index contributed by atoms with van der Waals surface area (Å²) in [5.41, 5.74) is 0. The summed E-state index contributed by atoms with van der Waals surface area (Å²) in [5, 5.41) is 11.4. The number of carboxylic acid groups (broad SMARTS) is 1. The number of carbonyl (C=O) groups is 2. The van der Waals surface area contributed by atoms with Gasteiger partial charge in [0.2, 0.25) is 5.91 Å². The van der Waals surface area contributed by atoms with Gasteiger partial charge in [0.25, 0.3) is 0 Å². The van der Waals surface area contributed by atoms with Crippen LogP contribution in [0.1, 0.15) is 13.3 Å². The second-order valence-electron chi connectivity index (χ2n) is 3.66. The highest BCUT2D eigenvalue weighted by Crippen LogP contribution is 2.22. The molecule has 2 N–H and O–H groups in total. The molecule has 0 bridgehead atoms. The van der Waals surface area contributed by atoms with E-state index in [0.29, 0.717) is 10.8 Å². The number of para-hydroxylation sites is 1. The fourth-order valence-corrected chi connectivity index (χ4v) is 1.38. The van der Waals surface area contributed by atoms with Crippen LogP contribution >= 0.6 is 11.6 Å². The van der Waals surface area contributed by atoms with Crippen LogP contribution in [0.25, 0.3) is 0 Å². The normalized spacial score (nSPS) is 11.7. The minimum absolute atomic E-state index is 0.0723. The molecular formula is C12H14ClNO4. The Labute approximate surface area is 110 Å². The Morgan fingerprint density at radius 2 is 2.11 bits per heavy atom. The van der Waals surface area contributed by atoms with E-state index in [1.165, 1.54) is 6.92 Å². The molecule has 6 heteroatoms. The maximum atomic E-state index is 11.3. The van der Waals surface area contributed by atoms with E-state index in [-0.39, 0.29) is 18.9 Å². The zero-order valence-electron chi connectivity index (χ0n) is 9.85. The Balaban J connectivity index is 2.32. The topological polar surface area (TPSA) is 75.6 Å². The molecule has 0 spiro atoms. The first-order valence-corrected chi connectivity index (χ1v) is 5.78. The van der Waals surface area contributed by atoms with Crippen molar-refractivity contribution in [1.29, 1.82) is 0 Å². The summed E-state index contributed by atoms with van der Waals surface area (Å²) in [6.45, 7) is 1.54. The van der Waals surface area contributed by atoms with Crippen molar-refractivity contribution in [3.8, 4) is 5.75 Å². The quantitative estimate of drug-likeness (QED) is 0.826. The standard InChI is InChI=1S/C12H14ClNO4/c1-8(12(16)17)14-11(15)6-7-18-10-5-3-2-4-9(10)13/h2-5,8H,6-7H2,1H3,(H,14,15)(H,16,17)/t8-/m0/s1. The number of carbonyl (C=O) groups excluding carboxylic acids is 1. The van der Waals surface area contributed by atoms with Crippen molar-refractivity contribution < 1.29 is 19.4 Å². The van der Waals surface area contributed by atoms with E-state index >= 15 is 0 Å². The zero-order valence-corrected chi connectivity index (χ0v) is 10.6. The van der Waals surface area contributed by atoms with E-state index in [1.54, 1.807) is 24.3 Å². The van der Waals surface area contributed by atoms with Crippen LogP contribution < -0.4 is 10.1 Å². The monoisotopic (exact) mass is 271 g/mol. The zero-order chi connectivity index (χ0) is 13.5. The second-order valence-corrected chi connectivity index (χ2v) is 4.06. The molecule has 1 amide bonds. The molecule has 5 nitrogen and oxygen atoms in total. The summed E-state index contributed by atoms with van der Waals surface area (Å²) in [5.74, 6) is -0.953. The Morgan fingerprint density at radius 3 is 2.72 bits per heavy atom. The molecule has 0 aromatic heterocycles. The lowest BCUT2D eigenvalue weighted by atomic mass is 10.3. The maximum Gasteiger partial charge on any atom is 0.325 e. The molecule has 0 aliphatic heterocycles. The highest BCUT2D eigenvalue weighted by molar-refractivity contribution is 6.32. The van der Waals surface area contributed by atoms with Crippen LogP contribution in [0.4, 0.5) is 0 Å². The van der Waals surface area contributed by atoms with Crippen LogP contribution in [-0.2, 0) is 9.59 Å². The molecule has 1 rings (SSSR count). The third kappa shape index (κ3) is 4.63. The van der Waals surface area contributed by atoms with Crippen molar-refractivity contribution in [2.24, 2.45) is 0 Å². The molecular weight excluding hydrogens is 258 g/mol. The number of halogens is 1. The molecule has 1 atom stereocenters. The van der Waals surface area contributed by atoms with Gasteiger partial charge in [-0.15, -0.1) is 0 Å². The molecule has 0 radical (unpaired) electrons. The molecule has 0 unspecified atom stereocenters. The Morgan fingerprint density at radius 1 is 1.44 bits per heavy atom. The van der Waals surface area contributed by atoms with Crippen molar-refractivity contribution in [3.63, 3.8) is 0 Å². The Hall–Kier alpha value is -1.75. The predicted molar refractivity (Wildman–Crippen MR) is 66.8 cm³/mol. The number of hydrogen-bond donors (Lipinski definition) is 2. The molecule has 1 aromatic carbocycles. The molecule has 0 saturated heterocycles. The summed E-state index contributed by atoms with van der Waals surface area (Å²) in [7, 11) is 0. The van der Waals surface area contributed by atoms with E-state index < -0.39 is 12.0 Å². The summed E-state index contributed by atoms with van der Waals surface area (Å²) < 4.78 is 5.31. The lowest BCUT2D eigenvalue weighted by molar-refractivity contribution is -0.141. The van der Waals surface area contributed by atoms with Gasteiger partial charge in [-0.1, -0.05) is 23.7 Å². The van der Waals surface area contributed by atoms with Gasteiger partial charge in [-0.2, -0.15) is 0 Å². The first kappa shape index (κ1) is 14.3. The molecule has 98 valence electrons. The van der Waals surface area contributed by atoms with Gasteiger partial charge in [-0.25, -0.2) is 0 Å². The molecule has 0 heterocycles. The van der Waals surface area contributed by atoms with Crippen molar-refractivity contribution in [1.82, 2.24) is 5.32 Å². The van der Waals surface area contributed by atoms with Gasteiger partial charge in [0.15, 0.2) is 0 Å². The third-order valence-electron chi connectivity index (χ3n) is 2.17. The molecule has 0 saturated carbocycles. The summed E-state index contributed by atoms with van der Waals surface area (Å²) >= 11 is 5.86.